The van der Waals surface area contributed by atoms with E-state index in [0.29, 0.717) is 12.5 Å². The zero-order valence-electron chi connectivity index (χ0n) is 15.1. The molecule has 1 fully saturated rings. The number of nitrogens with zero attached hydrogens (tertiary/aromatic N) is 2. The van der Waals surface area contributed by atoms with Crippen LogP contribution in [0.1, 0.15) is 95.4 Å². The molecule has 0 amide bonds. The molecule has 0 saturated heterocycles. The smallest absolute Gasteiger partial charge is 0.131 e. The van der Waals surface area contributed by atoms with Crippen molar-refractivity contribution in [3.05, 3.63) is 23.8 Å². The van der Waals surface area contributed by atoms with E-state index >= 15 is 0 Å². The second kappa shape index (κ2) is 10.7. The third-order valence-corrected chi connectivity index (χ3v) is 5.06. The van der Waals surface area contributed by atoms with Crippen LogP contribution in [0.5, 0.6) is 0 Å². The maximum Gasteiger partial charge on any atom is 0.131 e. The molecule has 0 atom stereocenters. The van der Waals surface area contributed by atoms with Gasteiger partial charge in [0.1, 0.15) is 5.82 Å². The fraction of sp³-hybridized carbons (Fsp3) is 0.800. The van der Waals surface area contributed by atoms with Crippen LogP contribution in [0.4, 0.5) is 0 Å². The van der Waals surface area contributed by atoms with E-state index in [1.165, 1.54) is 57.8 Å². The molecule has 3 nitrogen and oxygen atoms in total. The lowest BCUT2D eigenvalue weighted by molar-refractivity contribution is 0.116. The van der Waals surface area contributed by atoms with Crippen molar-refractivity contribution in [2.24, 2.45) is 5.92 Å². The van der Waals surface area contributed by atoms with Gasteiger partial charge in [-0.25, -0.2) is 9.97 Å². The van der Waals surface area contributed by atoms with Crippen molar-refractivity contribution in [3.8, 4) is 0 Å². The molecule has 0 bridgehead atoms. The predicted octanol–water partition coefficient (Wildman–Crippen LogP) is 5.65. The molecular weight excluding hydrogens is 284 g/mol. The first-order chi connectivity index (χ1) is 11.3. The Labute approximate surface area is 142 Å². The fourth-order valence-electron chi connectivity index (χ4n) is 3.50. The minimum Gasteiger partial charge on any atom is -0.377 e. The molecule has 1 heterocycles. The first-order valence-electron chi connectivity index (χ1n) is 9.72. The van der Waals surface area contributed by atoms with Gasteiger partial charge in [-0.3, -0.25) is 0 Å². The molecule has 0 aromatic carbocycles. The van der Waals surface area contributed by atoms with Crippen LogP contribution in [0.2, 0.25) is 0 Å². The van der Waals surface area contributed by atoms with E-state index in [9.17, 15) is 0 Å². The van der Waals surface area contributed by atoms with Crippen molar-refractivity contribution in [1.29, 1.82) is 0 Å². The molecular formula is C20H34N2O. The first kappa shape index (κ1) is 18.4. The van der Waals surface area contributed by atoms with Gasteiger partial charge in [0, 0.05) is 30.5 Å². The normalized spacial score (nSPS) is 21.5. The summed E-state index contributed by atoms with van der Waals surface area (Å²) in [5.41, 5.74) is 1.10. The molecule has 1 aliphatic carbocycles. The number of aromatic nitrogens is 2. The molecule has 130 valence electrons. The lowest BCUT2D eigenvalue weighted by Gasteiger charge is -2.27. The molecule has 1 aromatic rings. The number of ether oxygens (including phenoxy) is 1. The van der Waals surface area contributed by atoms with Gasteiger partial charge in [-0.1, -0.05) is 46.0 Å². The van der Waals surface area contributed by atoms with Crippen molar-refractivity contribution in [3.63, 3.8) is 0 Å². The lowest BCUT2D eigenvalue weighted by atomic mass is 9.79. The molecule has 3 heteroatoms. The van der Waals surface area contributed by atoms with Gasteiger partial charge in [-0.05, 0) is 38.0 Å². The molecule has 0 spiro atoms. The summed E-state index contributed by atoms with van der Waals surface area (Å²) in [6.07, 6.45) is 16.9. The van der Waals surface area contributed by atoms with Crippen LogP contribution in [-0.2, 0) is 11.3 Å². The van der Waals surface area contributed by atoms with Crippen LogP contribution >= 0.6 is 0 Å². The van der Waals surface area contributed by atoms with Crippen molar-refractivity contribution in [2.45, 2.75) is 90.6 Å². The van der Waals surface area contributed by atoms with Crippen LogP contribution in [0.3, 0.4) is 0 Å². The van der Waals surface area contributed by atoms with Crippen LogP contribution in [0, 0.1) is 5.92 Å². The van der Waals surface area contributed by atoms with Gasteiger partial charge in [-0.15, -0.1) is 0 Å². The molecule has 0 unspecified atom stereocenters. The van der Waals surface area contributed by atoms with Gasteiger partial charge in [-0.2, -0.15) is 0 Å². The monoisotopic (exact) mass is 318 g/mol. The molecule has 1 aromatic heterocycles. The van der Waals surface area contributed by atoms with Crippen molar-refractivity contribution < 1.29 is 4.74 Å². The Hall–Kier alpha value is -0.960. The molecule has 1 saturated carbocycles. The van der Waals surface area contributed by atoms with Gasteiger partial charge in [0.15, 0.2) is 0 Å². The van der Waals surface area contributed by atoms with E-state index < -0.39 is 0 Å². The standard InChI is InChI=1S/C20H34N2O/c1-3-5-7-13-23-16-18-14-21-20(22-15-18)19-11-9-17(10-12-19)8-6-4-2/h14-15,17,19H,3-13,16H2,1-2H3. The van der Waals surface area contributed by atoms with Gasteiger partial charge in [0.2, 0.25) is 0 Å². The van der Waals surface area contributed by atoms with E-state index in [0.717, 1.165) is 30.3 Å². The van der Waals surface area contributed by atoms with Gasteiger partial charge >= 0.3 is 0 Å². The topological polar surface area (TPSA) is 35.0 Å². The minimum atomic E-state index is 0.576. The molecule has 2 rings (SSSR count). The summed E-state index contributed by atoms with van der Waals surface area (Å²) >= 11 is 0. The Morgan fingerprint density at radius 3 is 2.30 bits per heavy atom. The minimum absolute atomic E-state index is 0.576. The van der Waals surface area contributed by atoms with Gasteiger partial charge < -0.3 is 4.74 Å². The SMILES string of the molecule is CCCCCOCc1cnc(C2CCC(CCCC)CC2)nc1. The molecule has 0 N–H and O–H groups in total. The Balaban J connectivity index is 1.70. The summed E-state index contributed by atoms with van der Waals surface area (Å²) in [6, 6.07) is 0. The molecule has 23 heavy (non-hydrogen) atoms. The van der Waals surface area contributed by atoms with Crippen molar-refractivity contribution >= 4 is 0 Å². The van der Waals surface area contributed by atoms with Gasteiger partial charge in [0.25, 0.3) is 0 Å². The van der Waals surface area contributed by atoms with E-state index in [4.69, 9.17) is 4.74 Å². The van der Waals surface area contributed by atoms with Crippen molar-refractivity contribution in [1.82, 2.24) is 9.97 Å². The zero-order chi connectivity index (χ0) is 16.3. The average Bonchev–Trinajstić information content (AvgIpc) is 2.61. The highest BCUT2D eigenvalue weighted by molar-refractivity contribution is 5.07. The molecule has 0 radical (unpaired) electrons. The Morgan fingerprint density at radius 2 is 1.65 bits per heavy atom. The van der Waals surface area contributed by atoms with E-state index in [-0.39, 0.29) is 0 Å². The van der Waals surface area contributed by atoms with Crippen LogP contribution < -0.4 is 0 Å². The van der Waals surface area contributed by atoms with E-state index in [1.54, 1.807) is 0 Å². The largest absolute Gasteiger partial charge is 0.377 e. The van der Waals surface area contributed by atoms with Crippen molar-refractivity contribution in [2.75, 3.05) is 6.61 Å². The second-order valence-corrected chi connectivity index (χ2v) is 7.07. The zero-order valence-corrected chi connectivity index (χ0v) is 15.1. The fourth-order valence-corrected chi connectivity index (χ4v) is 3.50. The summed E-state index contributed by atoms with van der Waals surface area (Å²) in [5, 5.41) is 0. The molecule has 0 aliphatic heterocycles. The predicted molar refractivity (Wildman–Crippen MR) is 95.4 cm³/mol. The Bertz CT molecular complexity index is 410. The summed E-state index contributed by atoms with van der Waals surface area (Å²) in [4.78, 5) is 9.23. The highest BCUT2D eigenvalue weighted by Gasteiger charge is 2.23. The maximum absolute atomic E-state index is 5.68. The summed E-state index contributed by atoms with van der Waals surface area (Å²) in [6.45, 7) is 5.99. The summed E-state index contributed by atoms with van der Waals surface area (Å²) in [5.74, 6) is 2.57. The second-order valence-electron chi connectivity index (χ2n) is 7.07. The lowest BCUT2D eigenvalue weighted by Crippen LogP contribution is -2.15. The summed E-state index contributed by atoms with van der Waals surface area (Å²) in [7, 11) is 0. The highest BCUT2D eigenvalue weighted by Crippen LogP contribution is 2.36. The quantitative estimate of drug-likeness (QED) is 0.523. The average molecular weight is 319 g/mol. The number of unbranched alkanes of at least 4 members (excludes halogenated alkanes) is 3. The Morgan fingerprint density at radius 1 is 0.957 bits per heavy atom. The first-order valence-corrected chi connectivity index (χ1v) is 9.72. The van der Waals surface area contributed by atoms with E-state index in [2.05, 4.69) is 23.8 Å². The molecule has 1 aliphatic rings. The number of rotatable bonds is 10. The summed E-state index contributed by atoms with van der Waals surface area (Å²) < 4.78 is 5.68. The van der Waals surface area contributed by atoms with Crippen LogP contribution in [0.15, 0.2) is 12.4 Å². The number of hydrogen-bond acceptors (Lipinski definition) is 3. The Kier molecular flexibility index (Phi) is 8.59. The maximum atomic E-state index is 5.68. The van der Waals surface area contributed by atoms with Crippen LogP contribution in [-0.4, -0.2) is 16.6 Å². The van der Waals surface area contributed by atoms with Gasteiger partial charge in [0.05, 0.1) is 6.61 Å². The number of hydrogen-bond donors (Lipinski definition) is 0. The van der Waals surface area contributed by atoms with E-state index in [1.807, 2.05) is 12.4 Å². The third kappa shape index (κ3) is 6.58. The third-order valence-electron chi connectivity index (χ3n) is 5.06. The highest BCUT2D eigenvalue weighted by atomic mass is 16.5. The van der Waals surface area contributed by atoms with Crippen LogP contribution in [0.25, 0.3) is 0 Å².